The van der Waals surface area contributed by atoms with Crippen LogP contribution in [-0.2, 0) is 9.59 Å². The number of aliphatic carboxylic acids is 1. The van der Waals surface area contributed by atoms with Crippen LogP contribution in [0.1, 0.15) is 19.3 Å². The topological polar surface area (TPSA) is 57.6 Å². The van der Waals surface area contributed by atoms with Crippen molar-refractivity contribution < 1.29 is 14.7 Å². The van der Waals surface area contributed by atoms with Crippen molar-refractivity contribution in [2.75, 3.05) is 6.54 Å². The summed E-state index contributed by atoms with van der Waals surface area (Å²) >= 11 is 0. The highest BCUT2D eigenvalue weighted by atomic mass is 16.4. The Labute approximate surface area is 76.8 Å². The van der Waals surface area contributed by atoms with Gasteiger partial charge in [0.2, 0.25) is 5.91 Å². The first-order valence-electron chi connectivity index (χ1n) is 4.32. The first kappa shape index (κ1) is 9.77. The van der Waals surface area contributed by atoms with Gasteiger partial charge in [0.25, 0.3) is 0 Å². The van der Waals surface area contributed by atoms with E-state index in [1.807, 2.05) is 0 Å². The van der Waals surface area contributed by atoms with Crippen LogP contribution in [0.5, 0.6) is 0 Å². The van der Waals surface area contributed by atoms with Gasteiger partial charge in [0.05, 0.1) is 0 Å². The van der Waals surface area contributed by atoms with Crippen molar-refractivity contribution in [2.24, 2.45) is 0 Å². The van der Waals surface area contributed by atoms with Crippen molar-refractivity contribution in [1.82, 2.24) is 4.90 Å². The maximum atomic E-state index is 11.2. The number of hydrogen-bond acceptors (Lipinski definition) is 2. The van der Waals surface area contributed by atoms with Crippen molar-refractivity contribution in [3.8, 4) is 0 Å². The number of carboxylic acid groups (broad SMARTS) is 1. The Hall–Kier alpha value is -1.32. The molecule has 0 bridgehead atoms. The zero-order chi connectivity index (χ0) is 9.84. The van der Waals surface area contributed by atoms with Crippen LogP contribution in [0, 0.1) is 0 Å². The minimum atomic E-state index is -0.921. The average molecular weight is 183 g/mol. The number of amides is 1. The van der Waals surface area contributed by atoms with Gasteiger partial charge in [0.15, 0.2) is 0 Å². The second-order valence-corrected chi connectivity index (χ2v) is 3.09. The second kappa shape index (κ2) is 4.07. The van der Waals surface area contributed by atoms with Crippen molar-refractivity contribution >= 4 is 11.9 Å². The van der Waals surface area contributed by atoms with Gasteiger partial charge >= 0.3 is 5.97 Å². The molecule has 1 aliphatic heterocycles. The van der Waals surface area contributed by atoms with Gasteiger partial charge in [-0.1, -0.05) is 6.58 Å². The fourth-order valence-corrected chi connectivity index (χ4v) is 1.57. The lowest BCUT2D eigenvalue weighted by Crippen LogP contribution is -2.47. The summed E-state index contributed by atoms with van der Waals surface area (Å²) < 4.78 is 0. The lowest BCUT2D eigenvalue weighted by molar-refractivity contribution is -0.150. The molecule has 1 unspecified atom stereocenters. The van der Waals surface area contributed by atoms with Crippen LogP contribution in [0.4, 0.5) is 0 Å². The molecular formula is C9H13NO3. The summed E-state index contributed by atoms with van der Waals surface area (Å²) in [7, 11) is 0. The lowest BCUT2D eigenvalue weighted by atomic mass is 10.0. The zero-order valence-corrected chi connectivity index (χ0v) is 7.40. The number of likely N-dealkylation sites (tertiary alicyclic amines) is 1. The monoisotopic (exact) mass is 183 g/mol. The molecule has 1 saturated heterocycles. The number of carboxylic acids is 1. The van der Waals surface area contributed by atoms with Crippen molar-refractivity contribution in [1.29, 1.82) is 0 Å². The molecule has 1 aliphatic rings. The summed E-state index contributed by atoms with van der Waals surface area (Å²) in [6.07, 6.45) is 3.47. The molecule has 0 saturated carbocycles. The smallest absolute Gasteiger partial charge is 0.326 e. The fourth-order valence-electron chi connectivity index (χ4n) is 1.57. The van der Waals surface area contributed by atoms with Crippen molar-refractivity contribution in [2.45, 2.75) is 25.3 Å². The highest BCUT2D eigenvalue weighted by Crippen LogP contribution is 2.17. The molecule has 1 heterocycles. The third kappa shape index (κ3) is 2.08. The van der Waals surface area contributed by atoms with Gasteiger partial charge in [0, 0.05) is 6.54 Å². The largest absolute Gasteiger partial charge is 0.480 e. The number of carbonyl (C=O) groups is 2. The van der Waals surface area contributed by atoms with E-state index in [0.29, 0.717) is 13.0 Å². The Morgan fingerprint density at radius 3 is 2.69 bits per heavy atom. The van der Waals surface area contributed by atoms with E-state index in [-0.39, 0.29) is 5.91 Å². The number of piperidine rings is 1. The van der Waals surface area contributed by atoms with E-state index in [1.165, 1.54) is 11.0 Å². The fraction of sp³-hybridized carbons (Fsp3) is 0.556. The van der Waals surface area contributed by atoms with Crippen LogP contribution in [0.3, 0.4) is 0 Å². The van der Waals surface area contributed by atoms with Crippen LogP contribution in [0.15, 0.2) is 12.7 Å². The maximum absolute atomic E-state index is 11.2. The molecule has 13 heavy (non-hydrogen) atoms. The quantitative estimate of drug-likeness (QED) is 0.639. The van der Waals surface area contributed by atoms with Gasteiger partial charge in [0.1, 0.15) is 6.04 Å². The molecule has 72 valence electrons. The zero-order valence-electron chi connectivity index (χ0n) is 7.40. The van der Waals surface area contributed by atoms with Crippen LogP contribution in [0.2, 0.25) is 0 Å². The van der Waals surface area contributed by atoms with E-state index in [1.54, 1.807) is 0 Å². The van der Waals surface area contributed by atoms with Gasteiger partial charge < -0.3 is 10.0 Å². The lowest BCUT2D eigenvalue weighted by Gasteiger charge is -2.31. The second-order valence-electron chi connectivity index (χ2n) is 3.09. The molecule has 4 nitrogen and oxygen atoms in total. The number of rotatable bonds is 2. The summed E-state index contributed by atoms with van der Waals surface area (Å²) in [5.74, 6) is -1.21. The van der Waals surface area contributed by atoms with Crippen molar-refractivity contribution in [3.63, 3.8) is 0 Å². The first-order valence-corrected chi connectivity index (χ1v) is 4.32. The van der Waals surface area contributed by atoms with Gasteiger partial charge in [-0.25, -0.2) is 4.79 Å². The Balaban J connectivity index is 2.72. The molecule has 0 radical (unpaired) electrons. The average Bonchev–Trinajstić information content (AvgIpc) is 2.16. The van der Waals surface area contributed by atoms with Gasteiger partial charge in [-0.3, -0.25) is 4.79 Å². The van der Waals surface area contributed by atoms with Gasteiger partial charge in [-0.2, -0.15) is 0 Å². The summed E-state index contributed by atoms with van der Waals surface area (Å²) in [4.78, 5) is 23.4. The van der Waals surface area contributed by atoms with E-state index >= 15 is 0 Å². The molecule has 1 fully saturated rings. The molecule has 0 aromatic carbocycles. The number of hydrogen-bond donors (Lipinski definition) is 1. The highest BCUT2D eigenvalue weighted by Gasteiger charge is 2.30. The van der Waals surface area contributed by atoms with Crippen LogP contribution < -0.4 is 0 Å². The third-order valence-corrected chi connectivity index (χ3v) is 2.25. The Kier molecular flexibility index (Phi) is 3.06. The molecule has 1 amide bonds. The molecular weight excluding hydrogens is 170 g/mol. The van der Waals surface area contributed by atoms with Crippen LogP contribution >= 0.6 is 0 Å². The van der Waals surface area contributed by atoms with Crippen LogP contribution in [-0.4, -0.2) is 34.5 Å². The Morgan fingerprint density at radius 2 is 2.15 bits per heavy atom. The third-order valence-electron chi connectivity index (χ3n) is 2.25. The van der Waals surface area contributed by atoms with E-state index in [0.717, 1.165) is 12.8 Å². The molecule has 0 spiro atoms. The summed E-state index contributed by atoms with van der Waals surface area (Å²) in [6, 6.07) is -0.653. The van der Waals surface area contributed by atoms with Crippen molar-refractivity contribution in [3.05, 3.63) is 12.7 Å². The minimum absolute atomic E-state index is 0.285. The van der Waals surface area contributed by atoms with E-state index in [4.69, 9.17) is 5.11 Å². The standard InChI is InChI=1S/C9H13NO3/c1-2-8(11)10-6-4-3-5-7(10)9(12)13/h2,7H,1,3-6H2,(H,12,13). The normalized spacial score (nSPS) is 22.5. The molecule has 1 N–H and O–H groups in total. The molecule has 1 atom stereocenters. The summed E-state index contributed by atoms with van der Waals surface area (Å²) in [6.45, 7) is 3.88. The van der Waals surface area contributed by atoms with E-state index in [2.05, 4.69) is 6.58 Å². The summed E-state index contributed by atoms with van der Waals surface area (Å²) in [5, 5.41) is 8.82. The summed E-state index contributed by atoms with van der Waals surface area (Å²) in [5.41, 5.74) is 0. The van der Waals surface area contributed by atoms with E-state index < -0.39 is 12.0 Å². The van der Waals surface area contributed by atoms with Gasteiger partial charge in [-0.15, -0.1) is 0 Å². The number of carbonyl (C=O) groups excluding carboxylic acids is 1. The predicted molar refractivity (Wildman–Crippen MR) is 47.2 cm³/mol. The molecule has 4 heteroatoms. The van der Waals surface area contributed by atoms with Gasteiger partial charge in [-0.05, 0) is 25.3 Å². The minimum Gasteiger partial charge on any atom is -0.480 e. The molecule has 1 rings (SSSR count). The molecule has 0 aromatic heterocycles. The SMILES string of the molecule is C=CC(=O)N1CCCCC1C(=O)O. The maximum Gasteiger partial charge on any atom is 0.326 e. The predicted octanol–water partition coefficient (Wildman–Crippen LogP) is 0.638. The highest BCUT2D eigenvalue weighted by molar-refractivity contribution is 5.90. The molecule has 0 aromatic rings. The van der Waals surface area contributed by atoms with Crippen LogP contribution in [0.25, 0.3) is 0 Å². The van der Waals surface area contributed by atoms with E-state index in [9.17, 15) is 9.59 Å². The Bertz CT molecular complexity index is 237. The molecule has 0 aliphatic carbocycles. The first-order chi connectivity index (χ1) is 6.16. The number of nitrogens with zero attached hydrogens (tertiary/aromatic N) is 1. The Morgan fingerprint density at radius 1 is 1.46 bits per heavy atom.